The lowest BCUT2D eigenvalue weighted by Crippen LogP contribution is -2.45. The maximum atomic E-state index is 13.6. The van der Waals surface area contributed by atoms with Gasteiger partial charge in [0, 0.05) is 43.9 Å². The second kappa shape index (κ2) is 6.72. The molecule has 1 aromatic rings. The molecule has 0 aliphatic carbocycles. The van der Waals surface area contributed by atoms with Crippen LogP contribution in [0.1, 0.15) is 24.4 Å². The van der Waals surface area contributed by atoms with E-state index in [4.69, 9.17) is 5.73 Å². The Morgan fingerprint density at radius 3 is 2.80 bits per heavy atom. The average Bonchev–Trinajstić information content (AvgIpc) is 2.45. The number of piperazine rings is 1. The van der Waals surface area contributed by atoms with Gasteiger partial charge in [-0.1, -0.05) is 6.08 Å². The summed E-state index contributed by atoms with van der Waals surface area (Å²) >= 11 is 0. The van der Waals surface area contributed by atoms with E-state index in [1.807, 2.05) is 6.08 Å². The fourth-order valence-electron chi connectivity index (χ4n) is 2.70. The number of phenolic OH excluding ortho intramolecular Hbond substituents is 1. The summed E-state index contributed by atoms with van der Waals surface area (Å²) < 4.78 is 13.6. The standard InChI is InChI=1S/C15H22FN3O/c1-2-3-4-14(19-7-5-18-6-8-19)12-9-11(16)10-13(17)15(12)20/h2,9-10,14,18,20H,1,3-8,17H2/t14-/m0/s1. The zero-order chi connectivity index (χ0) is 14.5. The zero-order valence-corrected chi connectivity index (χ0v) is 11.6. The minimum Gasteiger partial charge on any atom is -0.505 e. The van der Waals surface area contributed by atoms with Gasteiger partial charge < -0.3 is 16.2 Å². The largest absolute Gasteiger partial charge is 0.505 e. The van der Waals surface area contributed by atoms with Gasteiger partial charge in [0.25, 0.3) is 0 Å². The lowest BCUT2D eigenvalue weighted by molar-refractivity contribution is 0.163. The molecular formula is C15H22FN3O. The summed E-state index contributed by atoms with van der Waals surface area (Å²) in [6.07, 6.45) is 3.44. The maximum Gasteiger partial charge on any atom is 0.143 e. The molecule has 0 spiro atoms. The molecule has 0 radical (unpaired) electrons. The van der Waals surface area contributed by atoms with Crippen molar-refractivity contribution in [3.05, 3.63) is 36.2 Å². The molecule has 4 N–H and O–H groups in total. The van der Waals surface area contributed by atoms with Crippen molar-refractivity contribution in [3.63, 3.8) is 0 Å². The van der Waals surface area contributed by atoms with E-state index in [1.54, 1.807) is 0 Å². The molecule has 110 valence electrons. The molecule has 0 unspecified atom stereocenters. The van der Waals surface area contributed by atoms with Crippen LogP contribution in [0.15, 0.2) is 24.8 Å². The first-order valence-electron chi connectivity index (χ1n) is 6.97. The highest BCUT2D eigenvalue weighted by atomic mass is 19.1. The van der Waals surface area contributed by atoms with Crippen molar-refractivity contribution in [2.75, 3.05) is 31.9 Å². The number of hydrogen-bond acceptors (Lipinski definition) is 4. The molecule has 4 nitrogen and oxygen atoms in total. The molecule has 20 heavy (non-hydrogen) atoms. The highest BCUT2D eigenvalue weighted by Crippen LogP contribution is 2.36. The van der Waals surface area contributed by atoms with Gasteiger partial charge >= 0.3 is 0 Å². The van der Waals surface area contributed by atoms with Crippen LogP contribution < -0.4 is 11.1 Å². The summed E-state index contributed by atoms with van der Waals surface area (Å²) in [6, 6.07) is 2.51. The Morgan fingerprint density at radius 1 is 1.45 bits per heavy atom. The SMILES string of the molecule is C=CCC[C@@H](c1cc(F)cc(N)c1O)N1CCNCC1. The van der Waals surface area contributed by atoms with Crippen LogP contribution >= 0.6 is 0 Å². The second-order valence-corrected chi connectivity index (χ2v) is 5.10. The Labute approximate surface area is 119 Å². The molecule has 1 heterocycles. The first kappa shape index (κ1) is 14.8. The number of nitrogens with two attached hydrogens (primary N) is 1. The van der Waals surface area contributed by atoms with Crippen LogP contribution in [0.25, 0.3) is 0 Å². The highest BCUT2D eigenvalue weighted by Gasteiger charge is 2.25. The first-order valence-corrected chi connectivity index (χ1v) is 6.97. The molecule has 0 amide bonds. The first-order chi connectivity index (χ1) is 9.63. The van der Waals surface area contributed by atoms with Gasteiger partial charge in [-0.2, -0.15) is 0 Å². The number of hydrogen-bond donors (Lipinski definition) is 3. The number of nitrogens with one attached hydrogen (secondary N) is 1. The van der Waals surface area contributed by atoms with E-state index in [1.165, 1.54) is 6.07 Å². The summed E-state index contributed by atoms with van der Waals surface area (Å²) in [5, 5.41) is 13.5. The smallest absolute Gasteiger partial charge is 0.143 e. The van der Waals surface area contributed by atoms with Crippen LogP contribution in [0.2, 0.25) is 0 Å². The van der Waals surface area contributed by atoms with E-state index in [9.17, 15) is 9.50 Å². The van der Waals surface area contributed by atoms with Crippen molar-refractivity contribution in [2.45, 2.75) is 18.9 Å². The van der Waals surface area contributed by atoms with E-state index < -0.39 is 5.82 Å². The average molecular weight is 279 g/mol. The molecular weight excluding hydrogens is 257 g/mol. The molecule has 2 rings (SSSR count). The summed E-state index contributed by atoms with van der Waals surface area (Å²) in [6.45, 7) is 7.28. The Balaban J connectivity index is 2.31. The molecule has 1 aliphatic rings. The molecule has 0 bridgehead atoms. The van der Waals surface area contributed by atoms with Crippen LogP contribution in [-0.4, -0.2) is 36.2 Å². The number of benzene rings is 1. The van der Waals surface area contributed by atoms with Crippen LogP contribution in [-0.2, 0) is 0 Å². The molecule has 0 saturated carbocycles. The fraction of sp³-hybridized carbons (Fsp3) is 0.467. The van der Waals surface area contributed by atoms with Gasteiger partial charge in [0.2, 0.25) is 0 Å². The van der Waals surface area contributed by atoms with Crippen molar-refractivity contribution >= 4 is 5.69 Å². The topological polar surface area (TPSA) is 61.5 Å². The number of aromatic hydroxyl groups is 1. The Kier molecular flexibility index (Phi) is 4.98. The number of nitrogens with zero attached hydrogens (tertiary/aromatic N) is 1. The van der Waals surface area contributed by atoms with Gasteiger partial charge in [-0.15, -0.1) is 6.58 Å². The van der Waals surface area contributed by atoms with E-state index in [-0.39, 0.29) is 17.5 Å². The van der Waals surface area contributed by atoms with Crippen molar-refractivity contribution < 1.29 is 9.50 Å². The van der Waals surface area contributed by atoms with Gasteiger partial charge in [-0.05, 0) is 18.9 Å². The maximum absolute atomic E-state index is 13.6. The molecule has 1 fully saturated rings. The van der Waals surface area contributed by atoms with Crippen molar-refractivity contribution in [1.29, 1.82) is 0 Å². The van der Waals surface area contributed by atoms with Crippen molar-refractivity contribution in [3.8, 4) is 5.75 Å². The summed E-state index contributed by atoms with van der Waals surface area (Å²) in [4.78, 5) is 2.26. The normalized spacial score (nSPS) is 17.9. The molecule has 1 atom stereocenters. The third-order valence-electron chi connectivity index (χ3n) is 3.73. The number of rotatable bonds is 5. The highest BCUT2D eigenvalue weighted by molar-refractivity contribution is 5.57. The van der Waals surface area contributed by atoms with Gasteiger partial charge in [0.15, 0.2) is 0 Å². The Bertz CT molecular complexity index is 472. The van der Waals surface area contributed by atoms with Gasteiger partial charge in [0.1, 0.15) is 11.6 Å². The number of nitrogen functional groups attached to an aromatic ring is 1. The quantitative estimate of drug-likeness (QED) is 0.438. The van der Waals surface area contributed by atoms with Crippen molar-refractivity contribution in [2.24, 2.45) is 0 Å². The Morgan fingerprint density at radius 2 is 2.15 bits per heavy atom. The predicted molar refractivity (Wildman–Crippen MR) is 79.1 cm³/mol. The third kappa shape index (κ3) is 3.29. The number of allylic oxidation sites excluding steroid dienone is 1. The molecule has 0 aromatic heterocycles. The summed E-state index contributed by atoms with van der Waals surface area (Å²) in [5.41, 5.74) is 6.35. The number of anilines is 1. The van der Waals surface area contributed by atoms with E-state index in [0.717, 1.165) is 45.1 Å². The molecule has 5 heteroatoms. The lowest BCUT2D eigenvalue weighted by atomic mass is 9.97. The predicted octanol–water partition coefficient (Wildman–Crippen LogP) is 2.03. The molecule has 1 aliphatic heterocycles. The lowest BCUT2D eigenvalue weighted by Gasteiger charge is -2.35. The van der Waals surface area contributed by atoms with E-state index in [0.29, 0.717) is 5.56 Å². The Hall–Kier alpha value is -1.59. The minimum absolute atomic E-state index is 0.000931. The van der Waals surface area contributed by atoms with Crippen LogP contribution in [0, 0.1) is 5.82 Å². The van der Waals surface area contributed by atoms with Gasteiger partial charge in [0.05, 0.1) is 5.69 Å². The van der Waals surface area contributed by atoms with Crippen LogP contribution in [0.3, 0.4) is 0 Å². The second-order valence-electron chi connectivity index (χ2n) is 5.10. The van der Waals surface area contributed by atoms with Crippen LogP contribution in [0.5, 0.6) is 5.75 Å². The molecule has 1 aromatic carbocycles. The van der Waals surface area contributed by atoms with Crippen molar-refractivity contribution in [1.82, 2.24) is 10.2 Å². The number of halogens is 1. The van der Waals surface area contributed by atoms with E-state index >= 15 is 0 Å². The monoisotopic (exact) mass is 279 g/mol. The van der Waals surface area contributed by atoms with E-state index in [2.05, 4.69) is 16.8 Å². The van der Waals surface area contributed by atoms with Gasteiger partial charge in [-0.25, -0.2) is 4.39 Å². The zero-order valence-electron chi connectivity index (χ0n) is 11.6. The molecule has 1 saturated heterocycles. The third-order valence-corrected chi connectivity index (χ3v) is 3.73. The van der Waals surface area contributed by atoms with Crippen LogP contribution in [0.4, 0.5) is 10.1 Å². The summed E-state index contributed by atoms with van der Waals surface area (Å²) in [5.74, 6) is -0.409. The fourth-order valence-corrected chi connectivity index (χ4v) is 2.70. The minimum atomic E-state index is -0.408. The summed E-state index contributed by atoms with van der Waals surface area (Å²) in [7, 11) is 0. The van der Waals surface area contributed by atoms with Gasteiger partial charge in [-0.3, -0.25) is 4.90 Å². The number of phenols is 1.